The summed E-state index contributed by atoms with van der Waals surface area (Å²) in [4.78, 5) is 0. The van der Waals surface area contributed by atoms with Crippen LogP contribution >= 0.6 is 15.9 Å². The molecule has 1 unspecified atom stereocenters. The second-order valence-corrected chi connectivity index (χ2v) is 5.42. The van der Waals surface area contributed by atoms with Crippen molar-refractivity contribution in [3.8, 4) is 5.75 Å². The summed E-state index contributed by atoms with van der Waals surface area (Å²) < 4.78 is 20.0. The van der Waals surface area contributed by atoms with E-state index in [0.717, 1.165) is 10.0 Å². The van der Waals surface area contributed by atoms with Gasteiger partial charge in [-0.15, -0.1) is 0 Å². The fourth-order valence-corrected chi connectivity index (χ4v) is 2.88. The first kappa shape index (κ1) is 12.6. The van der Waals surface area contributed by atoms with Crippen LogP contribution in [0.4, 0.5) is 4.39 Å². The third kappa shape index (κ3) is 2.38. The molecule has 98 valence electrons. The van der Waals surface area contributed by atoms with Crippen molar-refractivity contribution in [2.24, 2.45) is 0 Å². The van der Waals surface area contributed by atoms with Gasteiger partial charge in [0.1, 0.15) is 17.7 Å². The lowest BCUT2D eigenvalue weighted by Gasteiger charge is -2.30. The zero-order valence-electron chi connectivity index (χ0n) is 10.0. The van der Waals surface area contributed by atoms with Crippen molar-refractivity contribution in [1.29, 1.82) is 0 Å². The molecule has 0 amide bonds. The molecule has 0 saturated carbocycles. The SMILES string of the molecule is O[C@@H]1CC(c2ccccc2Br)Oc2cc(F)ccc21. The van der Waals surface area contributed by atoms with Crippen molar-refractivity contribution in [2.45, 2.75) is 18.6 Å². The number of hydrogen-bond acceptors (Lipinski definition) is 2. The maximum Gasteiger partial charge on any atom is 0.128 e. The Morgan fingerprint density at radius 3 is 2.74 bits per heavy atom. The quantitative estimate of drug-likeness (QED) is 0.854. The van der Waals surface area contributed by atoms with Crippen LogP contribution in [0.1, 0.15) is 29.8 Å². The summed E-state index contributed by atoms with van der Waals surface area (Å²) in [6.07, 6.45) is -0.456. The molecule has 2 nitrogen and oxygen atoms in total. The average molecular weight is 323 g/mol. The topological polar surface area (TPSA) is 29.5 Å². The van der Waals surface area contributed by atoms with Gasteiger partial charge in [-0.2, -0.15) is 0 Å². The predicted molar refractivity (Wildman–Crippen MR) is 73.5 cm³/mol. The Morgan fingerprint density at radius 2 is 1.95 bits per heavy atom. The minimum Gasteiger partial charge on any atom is -0.485 e. The Hall–Kier alpha value is -1.39. The van der Waals surface area contributed by atoms with Crippen LogP contribution in [0.25, 0.3) is 0 Å². The fourth-order valence-electron chi connectivity index (χ4n) is 2.34. The highest BCUT2D eigenvalue weighted by atomic mass is 79.9. The van der Waals surface area contributed by atoms with Gasteiger partial charge in [0, 0.05) is 28.1 Å². The zero-order chi connectivity index (χ0) is 13.4. The third-order valence-electron chi connectivity index (χ3n) is 3.29. The van der Waals surface area contributed by atoms with Crippen LogP contribution in [0.5, 0.6) is 5.75 Å². The Balaban J connectivity index is 1.99. The van der Waals surface area contributed by atoms with E-state index < -0.39 is 6.10 Å². The molecule has 0 bridgehead atoms. The minimum absolute atomic E-state index is 0.278. The largest absolute Gasteiger partial charge is 0.485 e. The molecule has 2 aromatic carbocycles. The van der Waals surface area contributed by atoms with Gasteiger partial charge in [0.15, 0.2) is 0 Å². The first-order valence-electron chi connectivity index (χ1n) is 6.04. The molecule has 19 heavy (non-hydrogen) atoms. The highest BCUT2D eigenvalue weighted by Gasteiger charge is 2.29. The molecule has 0 spiro atoms. The van der Waals surface area contributed by atoms with Crippen LogP contribution in [-0.4, -0.2) is 5.11 Å². The Kier molecular flexibility index (Phi) is 3.29. The van der Waals surface area contributed by atoms with Crippen molar-refractivity contribution in [1.82, 2.24) is 0 Å². The summed E-state index contributed by atoms with van der Waals surface area (Å²) in [5, 5.41) is 10.2. The summed E-state index contributed by atoms with van der Waals surface area (Å²) in [7, 11) is 0. The Bertz CT molecular complexity index is 615. The lowest BCUT2D eigenvalue weighted by molar-refractivity contribution is 0.0650. The van der Waals surface area contributed by atoms with Crippen LogP contribution in [-0.2, 0) is 0 Å². The molecule has 0 aliphatic carbocycles. The van der Waals surface area contributed by atoms with E-state index in [1.165, 1.54) is 12.1 Å². The summed E-state index contributed by atoms with van der Waals surface area (Å²) in [6, 6.07) is 11.9. The van der Waals surface area contributed by atoms with Crippen LogP contribution < -0.4 is 4.74 Å². The van der Waals surface area contributed by atoms with Crippen molar-refractivity contribution in [2.75, 3.05) is 0 Å². The van der Waals surface area contributed by atoms with Crippen molar-refractivity contribution >= 4 is 15.9 Å². The molecule has 0 saturated heterocycles. The highest BCUT2D eigenvalue weighted by molar-refractivity contribution is 9.10. The monoisotopic (exact) mass is 322 g/mol. The number of aliphatic hydroxyl groups excluding tert-OH is 1. The number of halogens is 2. The number of hydrogen-bond donors (Lipinski definition) is 1. The number of fused-ring (bicyclic) bond motifs is 1. The summed E-state index contributed by atoms with van der Waals surface area (Å²) >= 11 is 3.47. The van der Waals surface area contributed by atoms with Gasteiger partial charge in [0.25, 0.3) is 0 Å². The highest BCUT2D eigenvalue weighted by Crippen LogP contribution is 2.42. The third-order valence-corrected chi connectivity index (χ3v) is 4.02. The average Bonchev–Trinajstić information content (AvgIpc) is 2.38. The van der Waals surface area contributed by atoms with E-state index in [2.05, 4.69) is 15.9 Å². The molecule has 0 fully saturated rings. The number of rotatable bonds is 1. The summed E-state index contributed by atoms with van der Waals surface area (Å²) in [6.45, 7) is 0. The maximum atomic E-state index is 13.3. The molecule has 1 heterocycles. The van der Waals surface area contributed by atoms with Crippen molar-refractivity contribution in [3.63, 3.8) is 0 Å². The van der Waals surface area contributed by atoms with Gasteiger partial charge in [-0.05, 0) is 18.2 Å². The number of aliphatic hydroxyl groups is 1. The Morgan fingerprint density at radius 1 is 1.16 bits per heavy atom. The van der Waals surface area contributed by atoms with E-state index in [-0.39, 0.29) is 11.9 Å². The van der Waals surface area contributed by atoms with Gasteiger partial charge in [0.2, 0.25) is 0 Å². The first-order valence-corrected chi connectivity index (χ1v) is 6.83. The molecule has 1 N–H and O–H groups in total. The molecule has 1 aliphatic heterocycles. The van der Waals surface area contributed by atoms with Crippen molar-refractivity contribution < 1.29 is 14.2 Å². The molecule has 2 aromatic rings. The van der Waals surface area contributed by atoms with E-state index in [0.29, 0.717) is 17.7 Å². The molecule has 2 atom stereocenters. The van der Waals surface area contributed by atoms with Crippen LogP contribution in [0, 0.1) is 5.82 Å². The normalized spacial score (nSPS) is 21.6. The minimum atomic E-state index is -0.638. The van der Waals surface area contributed by atoms with Gasteiger partial charge < -0.3 is 9.84 Å². The van der Waals surface area contributed by atoms with Crippen molar-refractivity contribution in [3.05, 3.63) is 63.9 Å². The summed E-state index contributed by atoms with van der Waals surface area (Å²) in [5.74, 6) is 0.0539. The van der Waals surface area contributed by atoms with Gasteiger partial charge >= 0.3 is 0 Å². The molecular weight excluding hydrogens is 311 g/mol. The van der Waals surface area contributed by atoms with E-state index in [1.807, 2.05) is 24.3 Å². The van der Waals surface area contributed by atoms with E-state index in [4.69, 9.17) is 4.74 Å². The molecular formula is C15H12BrFO2. The van der Waals surface area contributed by atoms with Crippen LogP contribution in [0.15, 0.2) is 46.9 Å². The van der Waals surface area contributed by atoms with Gasteiger partial charge in [0.05, 0.1) is 6.10 Å². The predicted octanol–water partition coefficient (Wildman–Crippen LogP) is 4.15. The van der Waals surface area contributed by atoms with E-state index >= 15 is 0 Å². The van der Waals surface area contributed by atoms with Gasteiger partial charge in [-0.3, -0.25) is 0 Å². The smallest absolute Gasteiger partial charge is 0.128 e. The Labute approximate surface area is 119 Å². The second-order valence-electron chi connectivity index (χ2n) is 4.56. The molecule has 3 rings (SSSR count). The fraction of sp³-hybridized carbons (Fsp3) is 0.200. The molecule has 4 heteroatoms. The van der Waals surface area contributed by atoms with Gasteiger partial charge in [-0.25, -0.2) is 4.39 Å². The molecule has 1 aliphatic rings. The lowest BCUT2D eigenvalue weighted by Crippen LogP contribution is -2.19. The maximum absolute atomic E-state index is 13.3. The number of ether oxygens (including phenoxy) is 1. The zero-order valence-corrected chi connectivity index (χ0v) is 11.6. The van der Waals surface area contributed by atoms with Gasteiger partial charge in [-0.1, -0.05) is 34.1 Å². The molecule has 0 aromatic heterocycles. The molecule has 0 radical (unpaired) electrons. The van der Waals surface area contributed by atoms with Crippen LogP contribution in [0.2, 0.25) is 0 Å². The lowest BCUT2D eigenvalue weighted by atomic mass is 9.95. The van der Waals surface area contributed by atoms with E-state index in [9.17, 15) is 9.50 Å². The van der Waals surface area contributed by atoms with E-state index in [1.54, 1.807) is 6.07 Å². The first-order chi connectivity index (χ1) is 9.15. The second kappa shape index (κ2) is 4.94. The number of benzene rings is 2. The van der Waals surface area contributed by atoms with Crippen LogP contribution in [0.3, 0.4) is 0 Å². The summed E-state index contributed by atoms with van der Waals surface area (Å²) in [5.41, 5.74) is 1.60. The standard InChI is InChI=1S/C15H12BrFO2/c16-12-4-2-1-3-10(12)15-8-13(18)11-6-5-9(17)7-14(11)19-15/h1-7,13,15,18H,8H2/t13-,15?/m1/s1.